The average molecular weight is 279 g/mol. The Hall–Kier alpha value is -1.45. The average Bonchev–Trinajstić information content (AvgIpc) is 2.47. The second kappa shape index (κ2) is 5.68. The lowest BCUT2D eigenvalue weighted by molar-refractivity contribution is 0.285. The standard InChI is InChI=1S/C13H17N3O2S/c1-16(11-6-3-2-4-7-11)19(17,18)13-8-5-9-15-12(13)10-14/h5,8-9,11H,2-4,6-7H2,1H3. The van der Waals surface area contributed by atoms with Crippen LogP contribution in [0.15, 0.2) is 23.2 Å². The molecule has 0 atom stereocenters. The SMILES string of the molecule is CN(C1CCCCC1)S(=O)(=O)c1cccnc1C#N. The molecule has 5 nitrogen and oxygen atoms in total. The molecule has 1 aromatic heterocycles. The molecule has 1 saturated carbocycles. The first kappa shape index (κ1) is 14.0. The smallest absolute Gasteiger partial charge is 0.244 e. The maximum Gasteiger partial charge on any atom is 0.245 e. The van der Waals surface area contributed by atoms with Gasteiger partial charge in [0.2, 0.25) is 10.0 Å². The molecule has 2 rings (SSSR count). The zero-order valence-electron chi connectivity index (χ0n) is 10.9. The van der Waals surface area contributed by atoms with Crippen molar-refractivity contribution in [2.45, 2.75) is 43.0 Å². The van der Waals surface area contributed by atoms with Crippen LogP contribution in [0.25, 0.3) is 0 Å². The molecule has 0 amide bonds. The van der Waals surface area contributed by atoms with E-state index in [-0.39, 0.29) is 16.6 Å². The van der Waals surface area contributed by atoms with Crippen LogP contribution < -0.4 is 0 Å². The van der Waals surface area contributed by atoms with Crippen LogP contribution in [-0.4, -0.2) is 30.8 Å². The molecular formula is C13H17N3O2S. The monoisotopic (exact) mass is 279 g/mol. The van der Waals surface area contributed by atoms with Crippen molar-refractivity contribution < 1.29 is 8.42 Å². The van der Waals surface area contributed by atoms with Gasteiger partial charge in [0.1, 0.15) is 11.0 Å². The number of pyridine rings is 1. The second-order valence-electron chi connectivity index (χ2n) is 4.78. The molecule has 0 unspecified atom stereocenters. The molecule has 0 N–H and O–H groups in total. The van der Waals surface area contributed by atoms with Crippen molar-refractivity contribution in [3.63, 3.8) is 0 Å². The predicted octanol–water partition coefficient (Wildman–Crippen LogP) is 1.91. The largest absolute Gasteiger partial charge is 0.245 e. The summed E-state index contributed by atoms with van der Waals surface area (Å²) in [5.41, 5.74) is -0.0369. The molecule has 0 radical (unpaired) electrons. The minimum absolute atomic E-state index is 0.00516. The number of aromatic nitrogens is 1. The molecule has 0 spiro atoms. The maximum atomic E-state index is 12.5. The van der Waals surface area contributed by atoms with Gasteiger partial charge in [0, 0.05) is 19.3 Å². The minimum Gasteiger partial charge on any atom is -0.244 e. The van der Waals surface area contributed by atoms with Gasteiger partial charge in [0.15, 0.2) is 5.69 Å². The third-order valence-corrected chi connectivity index (χ3v) is 5.56. The molecular weight excluding hydrogens is 262 g/mol. The zero-order chi connectivity index (χ0) is 13.9. The zero-order valence-corrected chi connectivity index (χ0v) is 11.7. The summed E-state index contributed by atoms with van der Waals surface area (Å²) in [6.45, 7) is 0. The van der Waals surface area contributed by atoms with E-state index in [1.54, 1.807) is 13.1 Å². The fraction of sp³-hybridized carbons (Fsp3) is 0.538. The molecule has 1 aliphatic carbocycles. The predicted molar refractivity (Wildman–Crippen MR) is 70.8 cm³/mol. The summed E-state index contributed by atoms with van der Waals surface area (Å²) < 4.78 is 26.5. The van der Waals surface area contributed by atoms with Gasteiger partial charge in [-0.2, -0.15) is 9.57 Å². The molecule has 19 heavy (non-hydrogen) atoms. The molecule has 0 saturated heterocycles. The van der Waals surface area contributed by atoms with Crippen molar-refractivity contribution in [3.8, 4) is 6.07 Å². The Bertz CT molecular complexity index is 586. The van der Waals surface area contributed by atoms with E-state index in [0.29, 0.717) is 0 Å². The van der Waals surface area contributed by atoms with Gasteiger partial charge >= 0.3 is 0 Å². The quantitative estimate of drug-likeness (QED) is 0.847. The van der Waals surface area contributed by atoms with E-state index in [9.17, 15) is 8.42 Å². The van der Waals surface area contributed by atoms with Gasteiger partial charge in [-0.25, -0.2) is 13.4 Å². The Kier molecular flexibility index (Phi) is 4.17. The Morgan fingerprint density at radius 3 is 2.68 bits per heavy atom. The first-order valence-corrected chi connectivity index (χ1v) is 7.84. The third kappa shape index (κ3) is 2.77. The molecule has 1 fully saturated rings. The van der Waals surface area contributed by atoms with Crippen LogP contribution in [-0.2, 0) is 10.0 Å². The van der Waals surface area contributed by atoms with Crippen molar-refractivity contribution >= 4 is 10.0 Å². The van der Waals surface area contributed by atoms with Crippen LogP contribution >= 0.6 is 0 Å². The van der Waals surface area contributed by atoms with Gasteiger partial charge in [-0.3, -0.25) is 0 Å². The fourth-order valence-electron chi connectivity index (χ4n) is 2.48. The van der Waals surface area contributed by atoms with Gasteiger partial charge in [0.25, 0.3) is 0 Å². The summed E-state index contributed by atoms with van der Waals surface area (Å²) in [5, 5.41) is 8.98. The number of nitrogens with zero attached hydrogens (tertiary/aromatic N) is 3. The highest BCUT2D eigenvalue weighted by Gasteiger charge is 2.30. The highest BCUT2D eigenvalue weighted by atomic mass is 32.2. The van der Waals surface area contributed by atoms with E-state index in [2.05, 4.69) is 4.98 Å². The topological polar surface area (TPSA) is 74.1 Å². The number of nitriles is 1. The summed E-state index contributed by atoms with van der Waals surface area (Å²) >= 11 is 0. The number of hydrogen-bond donors (Lipinski definition) is 0. The van der Waals surface area contributed by atoms with Gasteiger partial charge in [-0.15, -0.1) is 0 Å². The Balaban J connectivity index is 2.34. The molecule has 0 aliphatic heterocycles. The van der Waals surface area contributed by atoms with Crippen LogP contribution in [0, 0.1) is 11.3 Å². The van der Waals surface area contributed by atoms with Crippen LogP contribution in [0.2, 0.25) is 0 Å². The van der Waals surface area contributed by atoms with Gasteiger partial charge in [-0.1, -0.05) is 19.3 Å². The van der Waals surface area contributed by atoms with Crippen molar-refractivity contribution in [3.05, 3.63) is 24.0 Å². The lowest BCUT2D eigenvalue weighted by atomic mass is 9.96. The summed E-state index contributed by atoms with van der Waals surface area (Å²) in [6, 6.07) is 4.86. The summed E-state index contributed by atoms with van der Waals surface area (Å²) in [7, 11) is -2.04. The molecule has 6 heteroatoms. The molecule has 1 aromatic rings. The highest BCUT2D eigenvalue weighted by Crippen LogP contribution is 2.27. The van der Waals surface area contributed by atoms with E-state index >= 15 is 0 Å². The van der Waals surface area contributed by atoms with Gasteiger partial charge in [0.05, 0.1) is 0 Å². The molecule has 1 aliphatic rings. The van der Waals surface area contributed by atoms with E-state index in [1.165, 1.54) is 23.0 Å². The van der Waals surface area contributed by atoms with E-state index in [4.69, 9.17) is 5.26 Å². The van der Waals surface area contributed by atoms with Crippen molar-refractivity contribution in [1.82, 2.24) is 9.29 Å². The van der Waals surface area contributed by atoms with Gasteiger partial charge in [-0.05, 0) is 25.0 Å². The van der Waals surface area contributed by atoms with Crippen LogP contribution in [0.1, 0.15) is 37.8 Å². The van der Waals surface area contributed by atoms with Crippen molar-refractivity contribution in [2.24, 2.45) is 0 Å². The Morgan fingerprint density at radius 1 is 1.37 bits per heavy atom. The number of hydrogen-bond acceptors (Lipinski definition) is 4. The van der Waals surface area contributed by atoms with E-state index in [0.717, 1.165) is 25.7 Å². The van der Waals surface area contributed by atoms with Crippen LogP contribution in [0.3, 0.4) is 0 Å². The van der Waals surface area contributed by atoms with Crippen molar-refractivity contribution in [2.75, 3.05) is 7.05 Å². The fourth-order valence-corrected chi connectivity index (χ4v) is 3.99. The maximum absolute atomic E-state index is 12.5. The first-order chi connectivity index (χ1) is 9.07. The number of sulfonamides is 1. The summed E-state index contributed by atoms with van der Waals surface area (Å²) in [4.78, 5) is 3.83. The summed E-state index contributed by atoms with van der Waals surface area (Å²) in [5.74, 6) is 0. The van der Waals surface area contributed by atoms with Crippen molar-refractivity contribution in [1.29, 1.82) is 5.26 Å². The molecule has 102 valence electrons. The normalized spacial score (nSPS) is 17.3. The Morgan fingerprint density at radius 2 is 2.05 bits per heavy atom. The van der Waals surface area contributed by atoms with Gasteiger partial charge < -0.3 is 0 Å². The Labute approximate surface area is 113 Å². The molecule has 1 heterocycles. The van der Waals surface area contributed by atoms with Crippen LogP contribution in [0.4, 0.5) is 0 Å². The highest BCUT2D eigenvalue weighted by molar-refractivity contribution is 7.89. The van der Waals surface area contributed by atoms with Crippen LogP contribution in [0.5, 0.6) is 0 Å². The van der Waals surface area contributed by atoms with E-state index in [1.807, 2.05) is 6.07 Å². The number of rotatable bonds is 3. The third-order valence-electron chi connectivity index (χ3n) is 3.62. The molecule has 0 aromatic carbocycles. The second-order valence-corrected chi connectivity index (χ2v) is 6.74. The first-order valence-electron chi connectivity index (χ1n) is 6.40. The minimum atomic E-state index is -3.63. The lowest BCUT2D eigenvalue weighted by Crippen LogP contribution is -2.38. The van der Waals surface area contributed by atoms with E-state index < -0.39 is 10.0 Å². The molecule has 0 bridgehead atoms. The lowest BCUT2D eigenvalue weighted by Gasteiger charge is -2.30. The summed E-state index contributed by atoms with van der Waals surface area (Å²) in [6.07, 6.45) is 6.49.